The maximum absolute atomic E-state index is 12.4. The molecule has 1 rings (SSSR count). The van der Waals surface area contributed by atoms with Gasteiger partial charge in [0.25, 0.3) is 0 Å². The van der Waals surface area contributed by atoms with Crippen molar-refractivity contribution in [2.24, 2.45) is 0 Å². The van der Waals surface area contributed by atoms with Crippen molar-refractivity contribution in [1.29, 1.82) is 0 Å². The van der Waals surface area contributed by atoms with E-state index in [1.807, 2.05) is 20.0 Å². The molecule has 2 heteroatoms. The van der Waals surface area contributed by atoms with Crippen LogP contribution >= 0.6 is 0 Å². The van der Waals surface area contributed by atoms with E-state index >= 15 is 0 Å². The number of hydrogen-bond acceptors (Lipinski definition) is 2. The number of aryl methyl sites for hydroxylation is 3. The summed E-state index contributed by atoms with van der Waals surface area (Å²) >= 11 is 0. The quantitative estimate of drug-likeness (QED) is 0.723. The average molecular weight is 261 g/mol. The van der Waals surface area contributed by atoms with Gasteiger partial charge in [0.1, 0.15) is 0 Å². The van der Waals surface area contributed by atoms with E-state index in [0.29, 0.717) is 12.6 Å². The number of ketones is 1. The van der Waals surface area contributed by atoms with Gasteiger partial charge in [0.2, 0.25) is 0 Å². The minimum absolute atomic E-state index is 0.231. The number of nitrogens with zero attached hydrogens (tertiary/aromatic N) is 1. The molecule has 0 aliphatic heterocycles. The molecule has 0 aliphatic rings. The normalized spacial score (nSPS) is 11.4. The van der Waals surface area contributed by atoms with Gasteiger partial charge in [-0.25, -0.2) is 0 Å². The highest BCUT2D eigenvalue weighted by Gasteiger charge is 2.17. The Labute approximate surface area is 117 Å². The molecule has 0 saturated carbocycles. The molecule has 0 radical (unpaired) electrons. The first kappa shape index (κ1) is 15.9. The number of hydrogen-bond donors (Lipinski definition) is 0. The molecule has 0 atom stereocenters. The summed E-state index contributed by atoms with van der Waals surface area (Å²) in [6, 6.07) is 4.64. The van der Waals surface area contributed by atoms with E-state index in [1.54, 1.807) is 0 Å². The lowest BCUT2D eigenvalue weighted by Crippen LogP contribution is -2.35. The van der Waals surface area contributed by atoms with E-state index < -0.39 is 0 Å². The van der Waals surface area contributed by atoms with Gasteiger partial charge in [0.15, 0.2) is 5.78 Å². The predicted molar refractivity (Wildman–Crippen MR) is 82.0 cm³/mol. The Morgan fingerprint density at radius 2 is 1.58 bits per heavy atom. The molecule has 0 aromatic heterocycles. The summed E-state index contributed by atoms with van der Waals surface area (Å²) in [5.74, 6) is 0.231. The number of Topliss-reactive ketones (excluding diaryl/α,β-unsaturated/α-hetero) is 1. The molecule has 0 saturated heterocycles. The zero-order valence-corrected chi connectivity index (χ0v) is 13.2. The van der Waals surface area contributed by atoms with Gasteiger partial charge in [-0.3, -0.25) is 9.69 Å². The molecule has 0 fully saturated rings. The van der Waals surface area contributed by atoms with Crippen LogP contribution in [0.1, 0.15) is 53.7 Å². The van der Waals surface area contributed by atoms with Crippen LogP contribution in [-0.2, 0) is 0 Å². The third-order valence-corrected chi connectivity index (χ3v) is 4.10. The summed E-state index contributed by atoms with van der Waals surface area (Å²) in [7, 11) is 2.05. The second-order valence-electron chi connectivity index (χ2n) is 5.56. The van der Waals surface area contributed by atoms with E-state index in [4.69, 9.17) is 0 Å². The van der Waals surface area contributed by atoms with Crippen molar-refractivity contribution in [2.45, 2.75) is 53.5 Å². The van der Waals surface area contributed by atoms with Crippen LogP contribution in [0.15, 0.2) is 12.1 Å². The topological polar surface area (TPSA) is 20.3 Å². The van der Waals surface area contributed by atoms with Crippen LogP contribution in [0.5, 0.6) is 0 Å². The standard InChI is InChI=1S/C17H27NO/c1-7-15(8-2)18(6)11-17(19)16-10-13(4)12(3)9-14(16)5/h9-10,15H,7-8,11H2,1-6H3. The fourth-order valence-electron chi connectivity index (χ4n) is 2.61. The molecule has 1 aromatic rings. The van der Waals surface area contributed by atoms with Crippen molar-refractivity contribution in [3.63, 3.8) is 0 Å². The van der Waals surface area contributed by atoms with Crippen molar-refractivity contribution in [3.8, 4) is 0 Å². The Morgan fingerprint density at radius 1 is 1.05 bits per heavy atom. The van der Waals surface area contributed by atoms with Gasteiger partial charge in [0, 0.05) is 11.6 Å². The third-order valence-electron chi connectivity index (χ3n) is 4.10. The van der Waals surface area contributed by atoms with Crippen LogP contribution in [0.3, 0.4) is 0 Å². The van der Waals surface area contributed by atoms with Gasteiger partial charge in [0.05, 0.1) is 6.54 Å². The second-order valence-corrected chi connectivity index (χ2v) is 5.56. The number of likely N-dealkylation sites (N-methyl/N-ethyl adjacent to an activating group) is 1. The molecule has 0 amide bonds. The summed E-state index contributed by atoms with van der Waals surface area (Å²) in [6.07, 6.45) is 2.18. The first-order chi connectivity index (χ1) is 8.90. The smallest absolute Gasteiger partial charge is 0.177 e. The van der Waals surface area contributed by atoms with Crippen LogP contribution in [0.25, 0.3) is 0 Å². The molecule has 19 heavy (non-hydrogen) atoms. The molecular formula is C17H27NO. The van der Waals surface area contributed by atoms with Gasteiger partial charge >= 0.3 is 0 Å². The van der Waals surface area contributed by atoms with Gasteiger partial charge in [-0.2, -0.15) is 0 Å². The Kier molecular flexibility index (Phi) is 5.74. The minimum atomic E-state index is 0.231. The molecule has 0 spiro atoms. The first-order valence-electron chi connectivity index (χ1n) is 7.21. The van der Waals surface area contributed by atoms with E-state index in [1.165, 1.54) is 11.1 Å². The summed E-state index contributed by atoms with van der Waals surface area (Å²) in [6.45, 7) is 11.0. The van der Waals surface area contributed by atoms with E-state index in [2.05, 4.69) is 38.7 Å². The highest BCUT2D eigenvalue weighted by molar-refractivity contribution is 5.99. The van der Waals surface area contributed by atoms with Gasteiger partial charge in [-0.1, -0.05) is 19.9 Å². The highest BCUT2D eigenvalue weighted by atomic mass is 16.1. The van der Waals surface area contributed by atoms with Crippen LogP contribution < -0.4 is 0 Å². The fourth-order valence-corrected chi connectivity index (χ4v) is 2.61. The molecule has 0 bridgehead atoms. The molecular weight excluding hydrogens is 234 g/mol. The molecule has 2 nitrogen and oxygen atoms in total. The molecule has 0 aliphatic carbocycles. The van der Waals surface area contributed by atoms with E-state index in [9.17, 15) is 4.79 Å². The van der Waals surface area contributed by atoms with E-state index in [-0.39, 0.29) is 5.78 Å². The maximum atomic E-state index is 12.4. The Balaban J connectivity index is 2.87. The van der Waals surface area contributed by atoms with Gasteiger partial charge in [-0.05, 0) is 63.4 Å². The van der Waals surface area contributed by atoms with Crippen molar-refractivity contribution in [1.82, 2.24) is 4.90 Å². The van der Waals surface area contributed by atoms with E-state index in [0.717, 1.165) is 24.0 Å². The van der Waals surface area contributed by atoms with Gasteiger partial charge < -0.3 is 0 Å². The zero-order chi connectivity index (χ0) is 14.6. The molecule has 0 unspecified atom stereocenters. The number of carbonyl (C=O) groups is 1. The van der Waals surface area contributed by atoms with Crippen LogP contribution in [-0.4, -0.2) is 30.3 Å². The van der Waals surface area contributed by atoms with Crippen LogP contribution in [0, 0.1) is 20.8 Å². The first-order valence-corrected chi connectivity index (χ1v) is 7.21. The second kappa shape index (κ2) is 6.85. The fraction of sp³-hybridized carbons (Fsp3) is 0.588. The number of rotatable bonds is 6. The lowest BCUT2D eigenvalue weighted by molar-refractivity contribution is 0.0915. The van der Waals surface area contributed by atoms with Crippen LogP contribution in [0.4, 0.5) is 0 Å². The monoisotopic (exact) mass is 261 g/mol. The minimum Gasteiger partial charge on any atom is -0.296 e. The third kappa shape index (κ3) is 3.90. The maximum Gasteiger partial charge on any atom is 0.177 e. The lowest BCUT2D eigenvalue weighted by Gasteiger charge is -2.25. The molecule has 1 aromatic carbocycles. The van der Waals surface area contributed by atoms with Crippen molar-refractivity contribution < 1.29 is 4.79 Å². The van der Waals surface area contributed by atoms with Crippen molar-refractivity contribution in [3.05, 3.63) is 34.4 Å². The average Bonchev–Trinajstić information content (AvgIpc) is 2.35. The Morgan fingerprint density at radius 3 is 2.11 bits per heavy atom. The molecule has 0 N–H and O–H groups in total. The SMILES string of the molecule is CCC(CC)N(C)CC(=O)c1cc(C)c(C)cc1C. The molecule has 106 valence electrons. The Bertz CT molecular complexity index is 447. The summed E-state index contributed by atoms with van der Waals surface area (Å²) < 4.78 is 0. The number of carbonyl (C=O) groups excluding carboxylic acids is 1. The summed E-state index contributed by atoms with van der Waals surface area (Å²) in [5, 5.41) is 0. The van der Waals surface area contributed by atoms with Crippen molar-refractivity contribution >= 4 is 5.78 Å². The largest absolute Gasteiger partial charge is 0.296 e. The zero-order valence-electron chi connectivity index (χ0n) is 13.2. The Hall–Kier alpha value is -1.15. The number of benzene rings is 1. The highest BCUT2D eigenvalue weighted by Crippen LogP contribution is 2.17. The van der Waals surface area contributed by atoms with Crippen LogP contribution in [0.2, 0.25) is 0 Å². The summed E-state index contributed by atoms with van der Waals surface area (Å²) in [5.41, 5.74) is 4.41. The van der Waals surface area contributed by atoms with Crippen molar-refractivity contribution in [2.75, 3.05) is 13.6 Å². The summed E-state index contributed by atoms with van der Waals surface area (Å²) in [4.78, 5) is 14.6. The predicted octanol–water partition coefficient (Wildman–Crippen LogP) is 3.91. The lowest BCUT2D eigenvalue weighted by atomic mass is 9.97. The van der Waals surface area contributed by atoms with Gasteiger partial charge in [-0.15, -0.1) is 0 Å². The molecule has 0 heterocycles.